The van der Waals surface area contributed by atoms with E-state index in [1.807, 2.05) is 18.2 Å². The maximum Gasteiger partial charge on any atom is 0.416 e. The molecule has 0 fully saturated rings. The number of alkyl halides is 3. The van der Waals surface area contributed by atoms with Gasteiger partial charge >= 0.3 is 12.1 Å². The summed E-state index contributed by atoms with van der Waals surface area (Å²) in [6, 6.07) is 19.0. The number of carbonyl (C=O) groups excluding carboxylic acids is 5. The molecule has 0 spiro atoms. The van der Waals surface area contributed by atoms with Crippen molar-refractivity contribution in [1.82, 2.24) is 26.3 Å². The first-order valence-corrected chi connectivity index (χ1v) is 18.2. The zero-order valence-corrected chi connectivity index (χ0v) is 30.6. The molecule has 3 heterocycles. The van der Waals surface area contributed by atoms with E-state index in [4.69, 9.17) is 0 Å². The molecule has 3 aromatic carbocycles. The maximum absolute atomic E-state index is 14.2. The molecular weight excluding hydrogens is 745 g/mol. The number of fused-ring (bicyclic) bond motifs is 18. The predicted octanol–water partition coefficient (Wildman–Crippen LogP) is 3.52. The number of anilines is 1. The third kappa shape index (κ3) is 12.7. The molecule has 0 radical (unpaired) electrons. The van der Waals surface area contributed by atoms with Crippen molar-refractivity contribution < 1.29 is 47.0 Å². The Kier molecular flexibility index (Phi) is 14.1. The van der Waals surface area contributed by atoms with Crippen LogP contribution in [-0.4, -0.2) is 69.8 Å². The number of carbonyl (C=O) groups is 6. The third-order valence-corrected chi connectivity index (χ3v) is 9.20. The fourth-order valence-corrected chi connectivity index (χ4v) is 6.12. The van der Waals surface area contributed by atoms with Crippen LogP contribution in [0.4, 0.5) is 18.9 Å². The quantitative estimate of drug-likeness (QED) is 0.146. The van der Waals surface area contributed by atoms with Crippen molar-refractivity contribution in [3.8, 4) is 0 Å². The number of amides is 5. The van der Waals surface area contributed by atoms with E-state index >= 15 is 0 Å². The van der Waals surface area contributed by atoms with Crippen molar-refractivity contribution in [2.45, 2.75) is 75.3 Å². The lowest BCUT2D eigenvalue weighted by Gasteiger charge is -2.26. The molecule has 6 rings (SSSR count). The highest BCUT2D eigenvalue weighted by atomic mass is 19.4. The summed E-state index contributed by atoms with van der Waals surface area (Å²) in [6.45, 7) is 0. The van der Waals surface area contributed by atoms with Gasteiger partial charge in [0.05, 0.1) is 17.4 Å². The topological polar surface area (TPSA) is 196 Å². The lowest BCUT2D eigenvalue weighted by atomic mass is 10.00. The van der Waals surface area contributed by atoms with Crippen molar-refractivity contribution in [3.63, 3.8) is 0 Å². The van der Waals surface area contributed by atoms with E-state index in [9.17, 15) is 47.0 Å². The highest BCUT2D eigenvalue weighted by molar-refractivity contribution is 5.96. The fourth-order valence-electron chi connectivity index (χ4n) is 6.12. The van der Waals surface area contributed by atoms with E-state index in [2.05, 4.69) is 31.6 Å². The summed E-state index contributed by atoms with van der Waals surface area (Å²) >= 11 is 0. The van der Waals surface area contributed by atoms with E-state index in [0.29, 0.717) is 12.0 Å². The Labute approximate surface area is 325 Å². The molecule has 2 bridgehead atoms. The van der Waals surface area contributed by atoms with Crippen LogP contribution in [0.3, 0.4) is 0 Å². The van der Waals surface area contributed by atoms with Crippen LogP contribution in [-0.2, 0) is 60.6 Å². The summed E-state index contributed by atoms with van der Waals surface area (Å²) in [5.74, 6) is -5.15. The molecule has 298 valence electrons. The Morgan fingerprint density at radius 2 is 1.19 bits per heavy atom. The second-order valence-corrected chi connectivity index (χ2v) is 13.5. The summed E-state index contributed by atoms with van der Waals surface area (Å²) in [5.41, 5.74) is 1.28. The molecule has 1 aromatic heterocycles. The van der Waals surface area contributed by atoms with Crippen LogP contribution >= 0.6 is 0 Å². The molecule has 5 amide bonds. The molecule has 4 atom stereocenters. The van der Waals surface area contributed by atoms with Crippen molar-refractivity contribution in [3.05, 3.63) is 131 Å². The highest BCUT2D eigenvalue weighted by Crippen LogP contribution is 2.29. The van der Waals surface area contributed by atoms with Crippen LogP contribution in [0, 0.1) is 0 Å². The summed E-state index contributed by atoms with van der Waals surface area (Å²) in [4.78, 5) is 84.5. The van der Waals surface area contributed by atoms with Gasteiger partial charge in [0.2, 0.25) is 29.5 Å². The summed E-state index contributed by atoms with van der Waals surface area (Å²) < 4.78 is 40.1. The van der Waals surface area contributed by atoms with Gasteiger partial charge in [-0.1, -0.05) is 72.8 Å². The minimum absolute atomic E-state index is 0.0655. The highest BCUT2D eigenvalue weighted by Gasteiger charge is 2.33. The largest absolute Gasteiger partial charge is 0.480 e. The van der Waals surface area contributed by atoms with Gasteiger partial charge in [-0.3, -0.25) is 29.0 Å². The van der Waals surface area contributed by atoms with E-state index < -0.39 is 71.4 Å². The molecule has 6 N–H and O–H groups in total. The van der Waals surface area contributed by atoms with Gasteiger partial charge in [-0.25, -0.2) is 4.79 Å². The van der Waals surface area contributed by atoms with Gasteiger partial charge in [0.25, 0.3) is 0 Å². The summed E-state index contributed by atoms with van der Waals surface area (Å²) in [5, 5.41) is 23.0. The van der Waals surface area contributed by atoms with Crippen LogP contribution < -0.4 is 26.6 Å². The third-order valence-electron chi connectivity index (χ3n) is 9.20. The van der Waals surface area contributed by atoms with Gasteiger partial charge in [0.1, 0.15) is 24.2 Å². The molecular formula is C41H41F3N6O7. The number of aryl methyl sites for hydroxylation is 1. The predicted molar refractivity (Wildman–Crippen MR) is 201 cm³/mol. The number of pyridine rings is 1. The van der Waals surface area contributed by atoms with Gasteiger partial charge < -0.3 is 31.7 Å². The zero-order chi connectivity index (χ0) is 41.0. The molecule has 57 heavy (non-hydrogen) atoms. The Balaban J connectivity index is 1.50. The van der Waals surface area contributed by atoms with E-state index in [-0.39, 0.29) is 55.5 Å². The Hall–Kier alpha value is -6.58. The smallest absolute Gasteiger partial charge is 0.416 e. The second kappa shape index (κ2) is 19.3. The molecule has 0 unspecified atom stereocenters. The number of rotatable bonds is 8. The summed E-state index contributed by atoms with van der Waals surface area (Å²) in [6.07, 6.45) is -4.21. The number of carboxylic acids is 1. The number of halogens is 3. The minimum Gasteiger partial charge on any atom is -0.480 e. The van der Waals surface area contributed by atoms with Gasteiger partial charge in [-0.05, 0) is 53.8 Å². The van der Waals surface area contributed by atoms with E-state index in [1.54, 1.807) is 42.5 Å². The molecule has 0 aliphatic carbocycles. The lowest BCUT2D eigenvalue weighted by Crippen LogP contribution is -2.59. The standard InChI is InChI=1S/C41H41F3N6O7/c42-41(43,44)28-14-11-27(12-15-28)22-33-38(54)49-32(21-26-9-5-2-6-10-26)39(55)50-34(40(56)57)23-29-16-17-30(24-45-29)46-35(51)19-20-36(52)47-31(37(53)48-33)18-13-25-7-3-1-4-8-25/h1-12,14-17,24,31-34H,13,18-23H2,(H,46,51)(H,47,52)(H,48,53)(H,49,54)(H,50,55)(H,56,57)/t31-,32-,33+,34+/m1/s1. The van der Waals surface area contributed by atoms with Gasteiger partial charge in [-0.15, -0.1) is 0 Å². The van der Waals surface area contributed by atoms with Crippen molar-refractivity contribution >= 4 is 41.2 Å². The lowest BCUT2D eigenvalue weighted by molar-refractivity contribution is -0.142. The monoisotopic (exact) mass is 786 g/mol. The van der Waals surface area contributed by atoms with Crippen LogP contribution in [0.2, 0.25) is 0 Å². The normalized spacial score (nSPS) is 20.2. The molecule has 0 saturated heterocycles. The van der Waals surface area contributed by atoms with Crippen molar-refractivity contribution in [2.75, 3.05) is 5.32 Å². The van der Waals surface area contributed by atoms with E-state index in [1.165, 1.54) is 18.3 Å². The van der Waals surface area contributed by atoms with Crippen LogP contribution in [0.1, 0.15) is 47.2 Å². The van der Waals surface area contributed by atoms with Crippen molar-refractivity contribution in [2.24, 2.45) is 0 Å². The Bertz CT molecular complexity index is 2030. The van der Waals surface area contributed by atoms with Crippen LogP contribution in [0.15, 0.2) is 103 Å². The Morgan fingerprint density at radius 3 is 1.75 bits per heavy atom. The van der Waals surface area contributed by atoms with E-state index in [0.717, 1.165) is 29.8 Å². The molecule has 13 nitrogen and oxygen atoms in total. The van der Waals surface area contributed by atoms with Gasteiger partial charge in [0.15, 0.2) is 0 Å². The minimum atomic E-state index is -4.63. The second-order valence-electron chi connectivity index (χ2n) is 13.5. The molecule has 2 aliphatic heterocycles. The van der Waals surface area contributed by atoms with Crippen molar-refractivity contribution in [1.29, 1.82) is 0 Å². The Morgan fingerprint density at radius 1 is 0.649 bits per heavy atom. The first kappa shape index (κ1) is 41.6. The molecule has 16 heteroatoms. The van der Waals surface area contributed by atoms with Crippen LogP contribution in [0.5, 0.6) is 0 Å². The fraction of sp³-hybridized carbons (Fsp3) is 0.293. The average Bonchev–Trinajstić information content (AvgIpc) is 3.18. The van der Waals surface area contributed by atoms with Gasteiger partial charge in [-0.2, -0.15) is 13.2 Å². The molecule has 0 saturated carbocycles. The van der Waals surface area contributed by atoms with Crippen LogP contribution in [0.25, 0.3) is 0 Å². The molecule has 4 aromatic rings. The molecule has 2 aliphatic rings. The number of aliphatic carboxylic acids is 1. The first-order chi connectivity index (χ1) is 27.2. The SMILES string of the molecule is O=C1CCC(=O)N[C@H](CCc2ccccc2)C(=O)N[C@@H](Cc2ccc(C(F)(F)F)cc2)C(=O)N[C@H](Cc2ccccc2)C(=O)N[C@H](C(=O)O)Cc2ccc(cn2)N1. The maximum atomic E-state index is 14.2. The number of aromatic nitrogens is 1. The average molecular weight is 787 g/mol. The number of nitrogens with zero attached hydrogens (tertiary/aromatic N) is 1. The first-order valence-electron chi connectivity index (χ1n) is 18.2. The number of hydrogen-bond acceptors (Lipinski definition) is 7. The number of hydrogen-bond donors (Lipinski definition) is 6. The van der Waals surface area contributed by atoms with Gasteiger partial charge in [0, 0.05) is 37.8 Å². The summed E-state index contributed by atoms with van der Waals surface area (Å²) in [7, 11) is 0. The number of benzene rings is 3. The number of carboxylic acid groups (broad SMARTS) is 1. The zero-order valence-electron chi connectivity index (χ0n) is 30.6. The number of nitrogens with one attached hydrogen (secondary N) is 5.